The summed E-state index contributed by atoms with van der Waals surface area (Å²) >= 11 is 1.63. The molecule has 1 aromatic carbocycles. The molecule has 0 aliphatic carbocycles. The predicted octanol–water partition coefficient (Wildman–Crippen LogP) is 0.632. The van der Waals surface area contributed by atoms with Gasteiger partial charge >= 0.3 is 0 Å². The van der Waals surface area contributed by atoms with E-state index in [1.54, 1.807) is 11.8 Å². The van der Waals surface area contributed by atoms with Gasteiger partial charge in [0.05, 0.1) is 19.3 Å². The zero-order valence-corrected chi connectivity index (χ0v) is 10.1. The van der Waals surface area contributed by atoms with Crippen LogP contribution < -0.4 is 11.1 Å². The van der Waals surface area contributed by atoms with Crippen LogP contribution in [0.3, 0.4) is 0 Å². The van der Waals surface area contributed by atoms with Gasteiger partial charge in [-0.25, -0.2) is 0 Å². The molecule has 0 aliphatic rings. The fourth-order valence-electron chi connectivity index (χ4n) is 1.47. The summed E-state index contributed by atoms with van der Waals surface area (Å²) in [5.41, 5.74) is 7.60. The maximum Gasteiger partial charge on any atom is 0.0723 e. The molecule has 90 valence electrons. The van der Waals surface area contributed by atoms with Gasteiger partial charge in [0.15, 0.2) is 0 Å². The average molecular weight is 242 g/mol. The Kier molecular flexibility index (Phi) is 5.62. The van der Waals surface area contributed by atoms with Crippen molar-refractivity contribution in [3.63, 3.8) is 0 Å². The topological polar surface area (TPSA) is 78.5 Å². The molecule has 0 radical (unpaired) electrons. The molecule has 0 bridgehead atoms. The minimum absolute atomic E-state index is 0.107. The fraction of sp³-hybridized carbons (Fsp3) is 0.455. The van der Waals surface area contributed by atoms with Crippen molar-refractivity contribution in [2.45, 2.75) is 17.5 Å². The van der Waals surface area contributed by atoms with Gasteiger partial charge in [-0.1, -0.05) is 6.07 Å². The standard InChI is InChI=1S/C11H18N2O2S/c1-16-11-4-2-3-10(9(11)5-12)13-8(6-14)7-15/h2-4,8,13-15H,5-7,12H2,1H3. The van der Waals surface area contributed by atoms with Gasteiger partial charge in [0, 0.05) is 22.7 Å². The first-order valence-electron chi connectivity index (χ1n) is 5.11. The Hall–Kier alpha value is -0.750. The highest BCUT2D eigenvalue weighted by molar-refractivity contribution is 7.98. The van der Waals surface area contributed by atoms with E-state index >= 15 is 0 Å². The van der Waals surface area contributed by atoms with Crippen molar-refractivity contribution in [2.24, 2.45) is 5.73 Å². The summed E-state index contributed by atoms with van der Waals surface area (Å²) in [4.78, 5) is 1.11. The Morgan fingerprint density at radius 2 is 2.06 bits per heavy atom. The van der Waals surface area contributed by atoms with Crippen LogP contribution in [0.25, 0.3) is 0 Å². The lowest BCUT2D eigenvalue weighted by Gasteiger charge is -2.19. The number of aliphatic hydroxyl groups excluding tert-OH is 2. The molecule has 0 saturated heterocycles. The molecule has 0 aromatic heterocycles. The largest absolute Gasteiger partial charge is 0.394 e. The summed E-state index contributed by atoms with van der Waals surface area (Å²) in [6.07, 6.45) is 1.99. The molecule has 0 heterocycles. The second-order valence-electron chi connectivity index (χ2n) is 3.40. The van der Waals surface area contributed by atoms with Gasteiger partial charge in [-0.3, -0.25) is 0 Å². The number of rotatable bonds is 6. The van der Waals surface area contributed by atoms with Crippen LogP contribution in [0.4, 0.5) is 5.69 Å². The van der Waals surface area contributed by atoms with E-state index in [2.05, 4.69) is 5.32 Å². The lowest BCUT2D eigenvalue weighted by Crippen LogP contribution is -2.28. The molecule has 5 N–H and O–H groups in total. The van der Waals surface area contributed by atoms with Crippen molar-refractivity contribution < 1.29 is 10.2 Å². The SMILES string of the molecule is CSc1cccc(NC(CO)CO)c1CN. The lowest BCUT2D eigenvalue weighted by molar-refractivity contribution is 0.204. The number of nitrogens with one attached hydrogen (secondary N) is 1. The van der Waals surface area contributed by atoms with Crippen LogP contribution in [-0.2, 0) is 6.54 Å². The summed E-state index contributed by atoms with van der Waals surface area (Å²) in [5, 5.41) is 21.1. The third-order valence-electron chi connectivity index (χ3n) is 2.36. The maximum absolute atomic E-state index is 9.02. The monoisotopic (exact) mass is 242 g/mol. The van der Waals surface area contributed by atoms with E-state index in [4.69, 9.17) is 15.9 Å². The number of hydrogen-bond donors (Lipinski definition) is 4. The molecule has 1 rings (SSSR count). The highest BCUT2D eigenvalue weighted by Gasteiger charge is 2.10. The first-order valence-corrected chi connectivity index (χ1v) is 6.33. The molecular formula is C11H18N2O2S. The first-order chi connectivity index (χ1) is 7.76. The molecule has 0 saturated carbocycles. The molecule has 1 aromatic rings. The smallest absolute Gasteiger partial charge is 0.0723 e. The van der Waals surface area contributed by atoms with Gasteiger partial charge in [-0.15, -0.1) is 11.8 Å². The van der Waals surface area contributed by atoms with E-state index in [0.717, 1.165) is 16.1 Å². The van der Waals surface area contributed by atoms with E-state index in [0.29, 0.717) is 6.54 Å². The Labute approximate surface area is 99.9 Å². The fourth-order valence-corrected chi connectivity index (χ4v) is 2.13. The van der Waals surface area contributed by atoms with Crippen molar-refractivity contribution in [3.8, 4) is 0 Å². The van der Waals surface area contributed by atoms with Crippen LogP contribution >= 0.6 is 11.8 Å². The minimum atomic E-state index is -0.345. The Balaban J connectivity index is 2.94. The summed E-state index contributed by atoms with van der Waals surface area (Å²) < 4.78 is 0. The van der Waals surface area contributed by atoms with Crippen molar-refractivity contribution in [1.29, 1.82) is 0 Å². The van der Waals surface area contributed by atoms with E-state index in [1.165, 1.54) is 0 Å². The average Bonchev–Trinajstić information content (AvgIpc) is 2.35. The van der Waals surface area contributed by atoms with Crippen LogP contribution in [0.5, 0.6) is 0 Å². The number of anilines is 1. The summed E-state index contributed by atoms with van der Waals surface area (Å²) in [6, 6.07) is 5.49. The molecule has 0 amide bonds. The Morgan fingerprint density at radius 3 is 2.56 bits per heavy atom. The van der Waals surface area contributed by atoms with Gasteiger partial charge in [-0.05, 0) is 18.4 Å². The van der Waals surface area contributed by atoms with Gasteiger partial charge in [0.1, 0.15) is 0 Å². The van der Waals surface area contributed by atoms with Crippen LogP contribution in [0.1, 0.15) is 5.56 Å². The molecular weight excluding hydrogens is 224 g/mol. The zero-order valence-electron chi connectivity index (χ0n) is 9.31. The van der Waals surface area contributed by atoms with Crippen molar-refractivity contribution in [1.82, 2.24) is 0 Å². The predicted molar refractivity (Wildman–Crippen MR) is 67.7 cm³/mol. The van der Waals surface area contributed by atoms with Crippen LogP contribution in [-0.4, -0.2) is 35.7 Å². The quantitative estimate of drug-likeness (QED) is 0.550. The van der Waals surface area contributed by atoms with Gasteiger partial charge in [-0.2, -0.15) is 0 Å². The highest BCUT2D eigenvalue weighted by Crippen LogP contribution is 2.27. The molecule has 4 nitrogen and oxygen atoms in total. The molecule has 0 aliphatic heterocycles. The number of thioether (sulfide) groups is 1. The zero-order chi connectivity index (χ0) is 12.0. The van der Waals surface area contributed by atoms with Crippen LogP contribution in [0.2, 0.25) is 0 Å². The number of benzene rings is 1. The third-order valence-corrected chi connectivity index (χ3v) is 3.18. The number of aliphatic hydroxyl groups is 2. The number of hydrogen-bond acceptors (Lipinski definition) is 5. The van der Waals surface area contributed by atoms with Gasteiger partial charge < -0.3 is 21.3 Å². The molecule has 0 atom stereocenters. The second kappa shape index (κ2) is 6.75. The lowest BCUT2D eigenvalue weighted by atomic mass is 10.1. The van der Waals surface area contributed by atoms with E-state index in [9.17, 15) is 0 Å². The van der Waals surface area contributed by atoms with E-state index in [1.807, 2.05) is 24.5 Å². The van der Waals surface area contributed by atoms with Crippen LogP contribution in [0, 0.1) is 0 Å². The number of nitrogens with two attached hydrogens (primary N) is 1. The molecule has 0 fully saturated rings. The summed E-state index contributed by atoms with van der Waals surface area (Å²) in [6.45, 7) is 0.219. The van der Waals surface area contributed by atoms with Crippen molar-refractivity contribution >= 4 is 17.4 Å². The Bertz CT molecular complexity index is 330. The molecule has 5 heteroatoms. The third kappa shape index (κ3) is 3.12. The minimum Gasteiger partial charge on any atom is -0.394 e. The van der Waals surface area contributed by atoms with E-state index in [-0.39, 0.29) is 19.3 Å². The van der Waals surface area contributed by atoms with Gasteiger partial charge in [0.25, 0.3) is 0 Å². The first kappa shape index (κ1) is 13.3. The molecule has 0 spiro atoms. The van der Waals surface area contributed by atoms with Crippen LogP contribution in [0.15, 0.2) is 23.1 Å². The summed E-state index contributed by atoms with van der Waals surface area (Å²) in [7, 11) is 0. The Morgan fingerprint density at radius 1 is 1.38 bits per heavy atom. The summed E-state index contributed by atoms with van der Waals surface area (Å²) in [5.74, 6) is 0. The molecule has 16 heavy (non-hydrogen) atoms. The molecule has 0 unspecified atom stereocenters. The maximum atomic E-state index is 9.02. The van der Waals surface area contributed by atoms with Crippen molar-refractivity contribution in [2.75, 3.05) is 24.8 Å². The second-order valence-corrected chi connectivity index (χ2v) is 4.24. The van der Waals surface area contributed by atoms with Crippen molar-refractivity contribution in [3.05, 3.63) is 23.8 Å². The highest BCUT2D eigenvalue weighted by atomic mass is 32.2. The normalized spacial score (nSPS) is 10.8. The van der Waals surface area contributed by atoms with Gasteiger partial charge in [0.2, 0.25) is 0 Å². The van der Waals surface area contributed by atoms with E-state index < -0.39 is 0 Å².